The van der Waals surface area contributed by atoms with E-state index < -0.39 is 16.1 Å². The molecule has 0 heterocycles. The van der Waals surface area contributed by atoms with Crippen molar-refractivity contribution in [2.45, 2.75) is 65.6 Å². The highest BCUT2D eigenvalue weighted by atomic mass is 35.5. The number of carbonyl (C=O) groups excluding carboxylic acids is 2. The molecule has 0 saturated heterocycles. The minimum absolute atomic E-state index is 0.00859. The second-order valence-electron chi connectivity index (χ2n) is 8.92. The number of nitrogens with one attached hydrogen (secondary N) is 1. The number of sulfonamides is 1. The van der Waals surface area contributed by atoms with Gasteiger partial charge in [-0.3, -0.25) is 13.9 Å². The molecule has 192 valence electrons. The quantitative estimate of drug-likeness (QED) is 0.444. The maximum atomic E-state index is 13.3. The average Bonchev–Trinajstić information content (AvgIpc) is 2.78. The Hall–Kier alpha value is -2.58. The van der Waals surface area contributed by atoms with Crippen molar-refractivity contribution < 1.29 is 18.0 Å². The molecule has 0 fully saturated rings. The Balaban J connectivity index is 2.17. The minimum atomic E-state index is -3.52. The molecule has 0 spiro atoms. The molecular weight excluding hydrogens is 486 g/mol. The number of aryl methyl sites for hydroxylation is 1. The fourth-order valence-electron chi connectivity index (χ4n) is 3.67. The van der Waals surface area contributed by atoms with E-state index in [-0.39, 0.29) is 37.4 Å². The first kappa shape index (κ1) is 28.7. The highest BCUT2D eigenvalue weighted by Gasteiger charge is 2.27. The lowest BCUT2D eigenvalue weighted by Crippen LogP contribution is -2.49. The molecular formula is C26H36ClN3O4S. The molecule has 1 N–H and O–H groups in total. The fraction of sp³-hybridized carbons (Fsp3) is 0.462. The molecule has 35 heavy (non-hydrogen) atoms. The Morgan fingerprint density at radius 2 is 1.77 bits per heavy atom. The predicted molar refractivity (Wildman–Crippen MR) is 142 cm³/mol. The number of amides is 2. The number of hydrogen-bond acceptors (Lipinski definition) is 4. The molecule has 9 heteroatoms. The predicted octanol–water partition coefficient (Wildman–Crippen LogP) is 4.53. The molecule has 2 aromatic carbocycles. The first-order chi connectivity index (χ1) is 16.4. The van der Waals surface area contributed by atoms with E-state index in [9.17, 15) is 18.0 Å². The summed E-state index contributed by atoms with van der Waals surface area (Å²) in [7, 11) is -3.52. The Bertz CT molecular complexity index is 1120. The number of hydrogen-bond donors (Lipinski definition) is 1. The van der Waals surface area contributed by atoms with Gasteiger partial charge in [0, 0.05) is 30.6 Å². The zero-order valence-corrected chi connectivity index (χ0v) is 22.7. The van der Waals surface area contributed by atoms with E-state index >= 15 is 0 Å². The van der Waals surface area contributed by atoms with E-state index in [0.717, 1.165) is 23.8 Å². The number of anilines is 1. The van der Waals surface area contributed by atoms with Crippen molar-refractivity contribution >= 4 is 39.1 Å². The number of rotatable bonds is 12. The van der Waals surface area contributed by atoms with Gasteiger partial charge in [-0.2, -0.15) is 0 Å². The van der Waals surface area contributed by atoms with E-state index in [2.05, 4.69) is 5.32 Å². The lowest BCUT2D eigenvalue weighted by atomic mass is 10.1. The Labute approximate surface area is 214 Å². The highest BCUT2D eigenvalue weighted by molar-refractivity contribution is 7.92. The topological polar surface area (TPSA) is 86.8 Å². The van der Waals surface area contributed by atoms with Gasteiger partial charge in [-0.1, -0.05) is 42.8 Å². The zero-order chi connectivity index (χ0) is 26.2. The summed E-state index contributed by atoms with van der Waals surface area (Å²) in [5.41, 5.74) is 2.32. The van der Waals surface area contributed by atoms with E-state index in [4.69, 9.17) is 11.6 Å². The lowest BCUT2D eigenvalue weighted by molar-refractivity contribution is -0.140. The molecule has 0 aliphatic carbocycles. The zero-order valence-electron chi connectivity index (χ0n) is 21.1. The van der Waals surface area contributed by atoms with Crippen molar-refractivity contribution in [2.75, 3.05) is 17.1 Å². The van der Waals surface area contributed by atoms with E-state index in [1.807, 2.05) is 32.9 Å². The molecule has 2 atom stereocenters. The SMILES string of the molecule is CC[C@H](C)NC(=O)[C@@H](C)N(Cc1cccc(Cl)c1)C(=O)CCCN(c1cccc(C)c1)S(C)(=O)=O. The summed E-state index contributed by atoms with van der Waals surface area (Å²) in [4.78, 5) is 27.7. The fourth-order valence-corrected chi connectivity index (χ4v) is 4.84. The number of carbonyl (C=O) groups is 2. The van der Waals surface area contributed by atoms with Crippen LogP contribution < -0.4 is 9.62 Å². The summed E-state index contributed by atoms with van der Waals surface area (Å²) in [6.45, 7) is 7.88. The van der Waals surface area contributed by atoms with Crippen LogP contribution >= 0.6 is 11.6 Å². The first-order valence-electron chi connectivity index (χ1n) is 11.8. The molecule has 2 rings (SSSR count). The maximum absolute atomic E-state index is 13.3. The molecule has 0 unspecified atom stereocenters. The average molecular weight is 522 g/mol. The number of benzene rings is 2. The second kappa shape index (κ2) is 12.9. The number of nitrogens with zero attached hydrogens (tertiary/aromatic N) is 2. The summed E-state index contributed by atoms with van der Waals surface area (Å²) >= 11 is 6.12. The summed E-state index contributed by atoms with van der Waals surface area (Å²) < 4.78 is 26.2. The maximum Gasteiger partial charge on any atom is 0.242 e. The monoisotopic (exact) mass is 521 g/mol. The van der Waals surface area contributed by atoms with Crippen LogP contribution in [0.1, 0.15) is 51.2 Å². The van der Waals surface area contributed by atoms with Gasteiger partial charge in [-0.15, -0.1) is 0 Å². The standard InChI is InChI=1S/C26H36ClN3O4S/c1-6-20(3)28-26(32)21(4)29(18-22-11-8-12-23(27)17-22)25(31)14-9-15-30(35(5,33)34)24-13-7-10-19(2)16-24/h7-8,10-13,16-17,20-21H,6,9,14-15,18H2,1-5H3,(H,28,32)/t20-,21+/m0/s1. The molecule has 0 aromatic heterocycles. The van der Waals surface area contributed by atoms with Gasteiger partial charge in [0.25, 0.3) is 0 Å². The molecule has 0 bridgehead atoms. The third-order valence-electron chi connectivity index (χ3n) is 5.85. The van der Waals surface area contributed by atoms with Gasteiger partial charge in [-0.05, 0) is 69.0 Å². The van der Waals surface area contributed by atoms with Gasteiger partial charge in [0.05, 0.1) is 11.9 Å². The Kier molecular flexibility index (Phi) is 10.6. The molecule has 0 aliphatic rings. The van der Waals surface area contributed by atoms with Gasteiger partial charge in [0.15, 0.2) is 0 Å². The largest absolute Gasteiger partial charge is 0.352 e. The van der Waals surface area contributed by atoms with Crippen LogP contribution in [0.15, 0.2) is 48.5 Å². The summed E-state index contributed by atoms with van der Waals surface area (Å²) in [5, 5.41) is 3.49. The van der Waals surface area contributed by atoms with Crippen LogP contribution in [-0.4, -0.2) is 50.0 Å². The Morgan fingerprint density at radius 1 is 1.09 bits per heavy atom. The first-order valence-corrected chi connectivity index (χ1v) is 14.0. The third kappa shape index (κ3) is 8.85. The molecule has 0 radical (unpaired) electrons. The van der Waals surface area contributed by atoms with Crippen LogP contribution in [0.4, 0.5) is 5.69 Å². The van der Waals surface area contributed by atoms with E-state index in [0.29, 0.717) is 17.1 Å². The van der Waals surface area contributed by atoms with Gasteiger partial charge in [-0.25, -0.2) is 8.42 Å². The van der Waals surface area contributed by atoms with Crippen molar-refractivity contribution in [3.05, 3.63) is 64.7 Å². The second-order valence-corrected chi connectivity index (χ2v) is 11.3. The highest BCUT2D eigenvalue weighted by Crippen LogP contribution is 2.21. The molecule has 2 aromatic rings. The van der Waals surface area contributed by atoms with Crippen LogP contribution in [0.5, 0.6) is 0 Å². The van der Waals surface area contributed by atoms with Crippen molar-refractivity contribution in [3.8, 4) is 0 Å². The summed E-state index contributed by atoms with van der Waals surface area (Å²) in [6.07, 6.45) is 2.34. The van der Waals surface area contributed by atoms with Gasteiger partial charge in [0.1, 0.15) is 6.04 Å². The van der Waals surface area contributed by atoms with E-state index in [1.165, 1.54) is 9.21 Å². The third-order valence-corrected chi connectivity index (χ3v) is 7.28. The van der Waals surface area contributed by atoms with Crippen molar-refractivity contribution in [1.82, 2.24) is 10.2 Å². The normalized spacial score (nSPS) is 13.1. The van der Waals surface area contributed by atoms with Crippen molar-refractivity contribution in [3.63, 3.8) is 0 Å². The van der Waals surface area contributed by atoms with Gasteiger partial charge >= 0.3 is 0 Å². The summed E-state index contributed by atoms with van der Waals surface area (Å²) in [5.74, 6) is -0.457. The van der Waals surface area contributed by atoms with Crippen LogP contribution in [-0.2, 0) is 26.2 Å². The van der Waals surface area contributed by atoms with Crippen LogP contribution in [0.25, 0.3) is 0 Å². The Morgan fingerprint density at radius 3 is 2.37 bits per heavy atom. The van der Waals surface area contributed by atoms with Gasteiger partial charge < -0.3 is 10.2 Å². The lowest BCUT2D eigenvalue weighted by Gasteiger charge is -2.30. The van der Waals surface area contributed by atoms with Crippen LogP contribution in [0, 0.1) is 6.92 Å². The molecule has 7 nitrogen and oxygen atoms in total. The minimum Gasteiger partial charge on any atom is -0.352 e. The van der Waals surface area contributed by atoms with Crippen molar-refractivity contribution in [2.24, 2.45) is 0 Å². The smallest absolute Gasteiger partial charge is 0.242 e. The van der Waals surface area contributed by atoms with Crippen molar-refractivity contribution in [1.29, 1.82) is 0 Å². The summed E-state index contributed by atoms with van der Waals surface area (Å²) in [6, 6.07) is 13.7. The molecule has 0 aliphatic heterocycles. The molecule has 2 amide bonds. The van der Waals surface area contributed by atoms with Crippen LogP contribution in [0.3, 0.4) is 0 Å². The molecule has 0 saturated carbocycles. The number of halogens is 1. The van der Waals surface area contributed by atoms with E-state index in [1.54, 1.807) is 43.3 Å². The van der Waals surface area contributed by atoms with Crippen LogP contribution in [0.2, 0.25) is 5.02 Å². The van der Waals surface area contributed by atoms with Gasteiger partial charge in [0.2, 0.25) is 21.8 Å².